The topological polar surface area (TPSA) is 50.9 Å². The van der Waals surface area contributed by atoms with E-state index in [0.717, 1.165) is 0 Å². The van der Waals surface area contributed by atoms with Gasteiger partial charge < -0.3 is 11.1 Å². The van der Waals surface area contributed by atoms with Crippen molar-refractivity contribution in [3.63, 3.8) is 0 Å². The number of nitrogens with one attached hydrogen (secondary N) is 1. The highest BCUT2D eigenvalue weighted by molar-refractivity contribution is 6.33. The highest BCUT2D eigenvalue weighted by Gasteiger charge is 2.27. The minimum absolute atomic E-state index is 0.0295. The van der Waals surface area contributed by atoms with Crippen molar-refractivity contribution in [3.8, 4) is 0 Å². The van der Waals surface area contributed by atoms with Crippen molar-refractivity contribution in [2.45, 2.75) is 6.18 Å². The van der Waals surface area contributed by atoms with Crippen LogP contribution in [0.4, 0.5) is 24.7 Å². The molecule has 0 bridgehead atoms. The summed E-state index contributed by atoms with van der Waals surface area (Å²) in [6.07, 6.45) is -3.07. The molecular weight excluding hydrogens is 219 g/mol. The number of aromatic nitrogens is 1. The zero-order valence-corrected chi connectivity index (χ0v) is 7.65. The van der Waals surface area contributed by atoms with Crippen molar-refractivity contribution in [3.05, 3.63) is 17.3 Å². The SMILES string of the molecule is Nc1cnc(NCC(F)(F)F)c(Cl)c1. The second-order valence-corrected chi connectivity index (χ2v) is 2.98. The Morgan fingerprint density at radius 3 is 2.64 bits per heavy atom. The largest absolute Gasteiger partial charge is 0.405 e. The van der Waals surface area contributed by atoms with Gasteiger partial charge in [-0.2, -0.15) is 13.2 Å². The first-order valence-corrected chi connectivity index (χ1v) is 3.98. The predicted octanol–water partition coefficient (Wildman–Crippen LogP) is 2.29. The van der Waals surface area contributed by atoms with Gasteiger partial charge in [0.1, 0.15) is 12.4 Å². The normalized spacial score (nSPS) is 11.4. The van der Waals surface area contributed by atoms with Crippen LogP contribution in [0.15, 0.2) is 12.3 Å². The Labute approximate surface area is 83.1 Å². The van der Waals surface area contributed by atoms with Gasteiger partial charge in [-0.05, 0) is 6.07 Å². The number of hydrogen-bond donors (Lipinski definition) is 2. The summed E-state index contributed by atoms with van der Waals surface area (Å²) < 4.78 is 35.4. The molecule has 1 heterocycles. The summed E-state index contributed by atoms with van der Waals surface area (Å²) in [5, 5.41) is 2.12. The Balaban J connectivity index is 2.68. The average Bonchev–Trinajstić information content (AvgIpc) is 2.00. The maximum atomic E-state index is 11.8. The van der Waals surface area contributed by atoms with Gasteiger partial charge in [0, 0.05) is 0 Å². The number of nitrogens with zero attached hydrogens (tertiary/aromatic N) is 1. The molecule has 0 saturated heterocycles. The van der Waals surface area contributed by atoms with Crippen LogP contribution in [0.25, 0.3) is 0 Å². The molecular formula is C7H7ClF3N3. The average molecular weight is 226 g/mol. The minimum atomic E-state index is -4.30. The van der Waals surface area contributed by atoms with E-state index in [2.05, 4.69) is 10.3 Å². The van der Waals surface area contributed by atoms with Crippen LogP contribution < -0.4 is 11.1 Å². The lowest BCUT2D eigenvalue weighted by molar-refractivity contribution is -0.115. The van der Waals surface area contributed by atoms with E-state index in [-0.39, 0.29) is 10.8 Å². The van der Waals surface area contributed by atoms with E-state index in [1.54, 1.807) is 0 Å². The highest BCUT2D eigenvalue weighted by Crippen LogP contribution is 2.23. The van der Waals surface area contributed by atoms with E-state index in [0.29, 0.717) is 5.69 Å². The van der Waals surface area contributed by atoms with Crippen LogP contribution in [0.2, 0.25) is 5.02 Å². The lowest BCUT2D eigenvalue weighted by atomic mass is 10.4. The zero-order valence-electron chi connectivity index (χ0n) is 6.90. The number of nitrogens with two attached hydrogens (primary N) is 1. The standard InChI is InChI=1S/C7H7ClF3N3/c8-5-1-4(12)2-13-6(5)14-3-7(9,10)11/h1-2H,3,12H2,(H,13,14). The zero-order chi connectivity index (χ0) is 10.8. The van der Waals surface area contributed by atoms with Crippen molar-refractivity contribution in [2.24, 2.45) is 0 Å². The Kier molecular flexibility index (Phi) is 3.05. The molecule has 0 amide bonds. The molecule has 0 spiro atoms. The Morgan fingerprint density at radius 2 is 2.14 bits per heavy atom. The maximum absolute atomic E-state index is 11.8. The van der Waals surface area contributed by atoms with E-state index in [1.807, 2.05) is 0 Å². The van der Waals surface area contributed by atoms with Gasteiger partial charge in [0.05, 0.1) is 16.9 Å². The Hall–Kier alpha value is -1.17. The van der Waals surface area contributed by atoms with E-state index >= 15 is 0 Å². The first kappa shape index (κ1) is 10.9. The second-order valence-electron chi connectivity index (χ2n) is 2.57. The molecule has 0 aromatic carbocycles. The van der Waals surface area contributed by atoms with E-state index in [9.17, 15) is 13.2 Å². The molecule has 0 aliphatic heterocycles. The number of halogens is 4. The molecule has 0 unspecified atom stereocenters. The van der Waals surface area contributed by atoms with Crippen molar-refractivity contribution < 1.29 is 13.2 Å². The number of pyridine rings is 1. The van der Waals surface area contributed by atoms with E-state index in [4.69, 9.17) is 17.3 Å². The number of hydrogen-bond acceptors (Lipinski definition) is 3. The molecule has 3 N–H and O–H groups in total. The third-order valence-corrected chi connectivity index (χ3v) is 1.61. The third-order valence-electron chi connectivity index (χ3n) is 1.32. The highest BCUT2D eigenvalue weighted by atomic mass is 35.5. The third kappa shape index (κ3) is 3.29. The molecule has 1 aromatic rings. The fraction of sp³-hybridized carbons (Fsp3) is 0.286. The number of alkyl halides is 3. The summed E-state index contributed by atoms with van der Waals surface area (Å²) in [5.74, 6) is -0.0295. The number of nitrogen functional groups attached to an aromatic ring is 1. The Bertz CT molecular complexity index is 326. The smallest absolute Gasteiger partial charge is 0.397 e. The van der Waals surface area contributed by atoms with Gasteiger partial charge in [0.15, 0.2) is 0 Å². The Morgan fingerprint density at radius 1 is 1.50 bits per heavy atom. The molecule has 3 nitrogen and oxygen atoms in total. The second kappa shape index (κ2) is 3.91. The first-order valence-electron chi connectivity index (χ1n) is 3.60. The van der Waals surface area contributed by atoms with Crippen molar-refractivity contribution in [2.75, 3.05) is 17.6 Å². The van der Waals surface area contributed by atoms with Gasteiger partial charge >= 0.3 is 6.18 Å². The summed E-state index contributed by atoms with van der Waals surface area (Å²) in [6, 6.07) is 1.33. The lowest BCUT2D eigenvalue weighted by Gasteiger charge is -2.09. The molecule has 0 atom stereocenters. The first-order chi connectivity index (χ1) is 6.38. The number of anilines is 2. The number of rotatable bonds is 2. The van der Waals surface area contributed by atoms with E-state index in [1.165, 1.54) is 12.3 Å². The van der Waals surface area contributed by atoms with Crippen LogP contribution in [0, 0.1) is 0 Å². The summed E-state index contributed by atoms with van der Waals surface area (Å²) in [5.41, 5.74) is 5.61. The molecule has 0 aliphatic rings. The summed E-state index contributed by atoms with van der Waals surface area (Å²) in [4.78, 5) is 3.61. The van der Waals surface area contributed by atoms with Crippen LogP contribution in [0.5, 0.6) is 0 Å². The molecule has 1 rings (SSSR count). The molecule has 1 aromatic heterocycles. The predicted molar refractivity (Wildman–Crippen MR) is 48.2 cm³/mol. The van der Waals surface area contributed by atoms with Crippen molar-refractivity contribution in [1.82, 2.24) is 4.98 Å². The fourth-order valence-corrected chi connectivity index (χ4v) is 1.01. The van der Waals surface area contributed by atoms with Crippen molar-refractivity contribution >= 4 is 23.1 Å². The van der Waals surface area contributed by atoms with Gasteiger partial charge in [0.25, 0.3) is 0 Å². The van der Waals surface area contributed by atoms with Crippen LogP contribution in [-0.2, 0) is 0 Å². The van der Waals surface area contributed by atoms with Gasteiger partial charge in [-0.15, -0.1) is 0 Å². The summed E-state index contributed by atoms with van der Waals surface area (Å²) in [6.45, 7) is -1.18. The molecule has 78 valence electrons. The van der Waals surface area contributed by atoms with Gasteiger partial charge in [-0.25, -0.2) is 4.98 Å². The fourth-order valence-electron chi connectivity index (χ4n) is 0.767. The van der Waals surface area contributed by atoms with Crippen LogP contribution in [0.3, 0.4) is 0 Å². The molecule has 0 radical (unpaired) electrons. The van der Waals surface area contributed by atoms with E-state index < -0.39 is 12.7 Å². The molecule has 0 fully saturated rings. The molecule has 14 heavy (non-hydrogen) atoms. The van der Waals surface area contributed by atoms with Crippen LogP contribution >= 0.6 is 11.6 Å². The quantitative estimate of drug-likeness (QED) is 0.812. The summed E-state index contributed by atoms with van der Waals surface area (Å²) in [7, 11) is 0. The minimum Gasteiger partial charge on any atom is -0.397 e. The van der Waals surface area contributed by atoms with Crippen LogP contribution in [-0.4, -0.2) is 17.7 Å². The van der Waals surface area contributed by atoms with Gasteiger partial charge in [-0.3, -0.25) is 0 Å². The van der Waals surface area contributed by atoms with Gasteiger partial charge in [-0.1, -0.05) is 11.6 Å². The summed E-state index contributed by atoms with van der Waals surface area (Å²) >= 11 is 5.59. The van der Waals surface area contributed by atoms with Crippen molar-refractivity contribution in [1.29, 1.82) is 0 Å². The molecule has 0 saturated carbocycles. The van der Waals surface area contributed by atoms with Crippen LogP contribution in [0.1, 0.15) is 0 Å². The monoisotopic (exact) mass is 225 g/mol. The van der Waals surface area contributed by atoms with Gasteiger partial charge in [0.2, 0.25) is 0 Å². The molecule has 0 aliphatic carbocycles. The molecule has 7 heteroatoms. The lowest BCUT2D eigenvalue weighted by Crippen LogP contribution is -2.21. The maximum Gasteiger partial charge on any atom is 0.405 e.